The van der Waals surface area contributed by atoms with E-state index in [-0.39, 0.29) is 0 Å². The van der Waals surface area contributed by atoms with Crippen molar-refractivity contribution in [3.8, 4) is 0 Å². The molecular weight excluding hydrogens is 258 g/mol. The van der Waals surface area contributed by atoms with Crippen LogP contribution in [0.5, 0.6) is 0 Å². The van der Waals surface area contributed by atoms with Crippen LogP contribution in [0.4, 0.5) is 0 Å². The number of hydrogen-bond acceptors (Lipinski definition) is 2. The number of aromatic nitrogens is 2. The Kier molecular flexibility index (Phi) is 7.28. The van der Waals surface area contributed by atoms with E-state index in [0.717, 1.165) is 25.7 Å². The fraction of sp³-hybridized carbons (Fsp3) is 0.833. The number of imidazole rings is 1. The SMILES string of the molecule is CCCCCCCCCCCc1nc2c([nH]1)CC(N)CC2. The van der Waals surface area contributed by atoms with E-state index in [2.05, 4.69) is 11.9 Å². The van der Waals surface area contributed by atoms with E-state index in [1.165, 1.54) is 75.0 Å². The molecule has 0 amide bonds. The maximum Gasteiger partial charge on any atom is 0.106 e. The smallest absolute Gasteiger partial charge is 0.106 e. The van der Waals surface area contributed by atoms with Crippen LogP contribution in [0.25, 0.3) is 0 Å². The van der Waals surface area contributed by atoms with E-state index in [4.69, 9.17) is 10.7 Å². The lowest BCUT2D eigenvalue weighted by atomic mass is 9.97. The molecule has 0 fully saturated rings. The molecule has 3 nitrogen and oxygen atoms in total. The fourth-order valence-electron chi connectivity index (χ4n) is 3.29. The number of unbranched alkanes of at least 4 members (excludes halogenated alkanes) is 8. The Bertz CT molecular complexity index is 397. The lowest BCUT2D eigenvalue weighted by Gasteiger charge is -2.15. The summed E-state index contributed by atoms with van der Waals surface area (Å²) in [6.45, 7) is 2.28. The van der Waals surface area contributed by atoms with E-state index in [0.29, 0.717) is 6.04 Å². The predicted octanol–water partition coefficient (Wildman–Crippen LogP) is 4.30. The first kappa shape index (κ1) is 16.5. The molecular formula is C18H33N3. The molecule has 0 radical (unpaired) electrons. The summed E-state index contributed by atoms with van der Waals surface area (Å²) < 4.78 is 0. The van der Waals surface area contributed by atoms with E-state index < -0.39 is 0 Å². The first-order valence-electron chi connectivity index (χ1n) is 9.11. The van der Waals surface area contributed by atoms with Gasteiger partial charge in [0.05, 0.1) is 5.69 Å². The fourth-order valence-corrected chi connectivity index (χ4v) is 3.29. The number of aryl methyl sites for hydroxylation is 2. The van der Waals surface area contributed by atoms with Crippen LogP contribution in [-0.2, 0) is 19.3 Å². The molecule has 21 heavy (non-hydrogen) atoms. The second kappa shape index (κ2) is 9.24. The number of aromatic amines is 1. The molecule has 3 heteroatoms. The molecule has 3 N–H and O–H groups in total. The molecule has 0 aromatic carbocycles. The lowest BCUT2D eigenvalue weighted by molar-refractivity contribution is 0.562. The molecule has 1 aromatic rings. The first-order valence-corrected chi connectivity index (χ1v) is 9.11. The van der Waals surface area contributed by atoms with Gasteiger partial charge in [0.2, 0.25) is 0 Å². The number of H-pyrrole nitrogens is 1. The van der Waals surface area contributed by atoms with Gasteiger partial charge in [0.1, 0.15) is 5.82 Å². The summed E-state index contributed by atoms with van der Waals surface area (Å²) in [5.41, 5.74) is 8.60. The van der Waals surface area contributed by atoms with Gasteiger partial charge in [0, 0.05) is 24.6 Å². The Balaban J connectivity index is 1.53. The molecule has 1 atom stereocenters. The van der Waals surface area contributed by atoms with Crippen LogP contribution in [-0.4, -0.2) is 16.0 Å². The summed E-state index contributed by atoms with van der Waals surface area (Å²) in [6.07, 6.45) is 16.7. The molecule has 0 aliphatic heterocycles. The van der Waals surface area contributed by atoms with Crippen LogP contribution in [0, 0.1) is 0 Å². The number of rotatable bonds is 10. The van der Waals surface area contributed by atoms with Gasteiger partial charge < -0.3 is 10.7 Å². The Hall–Kier alpha value is -0.830. The highest BCUT2D eigenvalue weighted by atomic mass is 14.9. The molecule has 0 spiro atoms. The van der Waals surface area contributed by atoms with Gasteiger partial charge in [-0.1, -0.05) is 58.3 Å². The third-order valence-corrected chi connectivity index (χ3v) is 4.65. The van der Waals surface area contributed by atoms with Gasteiger partial charge in [-0.15, -0.1) is 0 Å². The molecule has 1 aliphatic carbocycles. The van der Waals surface area contributed by atoms with Crippen molar-refractivity contribution in [2.45, 2.75) is 96.4 Å². The number of nitrogens with zero attached hydrogens (tertiary/aromatic N) is 1. The first-order chi connectivity index (χ1) is 10.3. The molecule has 1 aromatic heterocycles. The van der Waals surface area contributed by atoms with E-state index in [1.807, 2.05) is 0 Å². The second-order valence-electron chi connectivity index (χ2n) is 6.69. The summed E-state index contributed by atoms with van der Waals surface area (Å²) in [5, 5.41) is 0. The van der Waals surface area contributed by atoms with Crippen LogP contribution in [0.3, 0.4) is 0 Å². The topological polar surface area (TPSA) is 54.7 Å². The van der Waals surface area contributed by atoms with Crippen LogP contribution >= 0.6 is 0 Å². The standard InChI is InChI=1S/C18H33N3/c1-2-3-4-5-6-7-8-9-10-11-18-20-16-13-12-15(19)14-17(16)21-18/h15H,2-14,19H2,1H3,(H,20,21). The zero-order chi connectivity index (χ0) is 14.9. The molecule has 0 bridgehead atoms. The summed E-state index contributed by atoms with van der Waals surface area (Å²) in [5.74, 6) is 1.19. The molecule has 120 valence electrons. The normalized spacial score (nSPS) is 17.9. The zero-order valence-corrected chi connectivity index (χ0v) is 13.8. The Morgan fingerprint density at radius 3 is 2.43 bits per heavy atom. The van der Waals surface area contributed by atoms with Crippen LogP contribution in [0.15, 0.2) is 0 Å². The minimum absolute atomic E-state index is 0.332. The van der Waals surface area contributed by atoms with Crippen molar-refractivity contribution in [2.24, 2.45) is 5.73 Å². The van der Waals surface area contributed by atoms with Crippen LogP contribution in [0.2, 0.25) is 0 Å². The number of fused-ring (bicyclic) bond motifs is 1. The summed E-state index contributed by atoms with van der Waals surface area (Å²) in [4.78, 5) is 8.24. The molecule has 2 rings (SSSR count). The minimum Gasteiger partial charge on any atom is -0.346 e. The van der Waals surface area contributed by atoms with Crippen LogP contribution in [0.1, 0.15) is 88.3 Å². The van der Waals surface area contributed by atoms with E-state index in [1.54, 1.807) is 0 Å². The predicted molar refractivity (Wildman–Crippen MR) is 89.5 cm³/mol. The number of nitrogens with one attached hydrogen (secondary N) is 1. The van der Waals surface area contributed by atoms with Gasteiger partial charge in [-0.25, -0.2) is 4.98 Å². The second-order valence-corrected chi connectivity index (χ2v) is 6.69. The van der Waals surface area contributed by atoms with Gasteiger partial charge in [-0.2, -0.15) is 0 Å². The largest absolute Gasteiger partial charge is 0.346 e. The Labute approximate surface area is 130 Å². The molecule has 1 unspecified atom stereocenters. The van der Waals surface area contributed by atoms with Crippen molar-refractivity contribution in [3.63, 3.8) is 0 Å². The van der Waals surface area contributed by atoms with Crippen molar-refractivity contribution >= 4 is 0 Å². The van der Waals surface area contributed by atoms with Crippen molar-refractivity contribution in [3.05, 3.63) is 17.2 Å². The molecule has 0 saturated heterocycles. The highest BCUT2D eigenvalue weighted by Gasteiger charge is 2.18. The van der Waals surface area contributed by atoms with Gasteiger partial charge in [0.25, 0.3) is 0 Å². The minimum atomic E-state index is 0.332. The summed E-state index contributed by atoms with van der Waals surface area (Å²) in [7, 11) is 0. The summed E-state index contributed by atoms with van der Waals surface area (Å²) >= 11 is 0. The summed E-state index contributed by atoms with van der Waals surface area (Å²) in [6, 6.07) is 0.332. The lowest BCUT2D eigenvalue weighted by Crippen LogP contribution is -2.27. The van der Waals surface area contributed by atoms with Crippen LogP contribution < -0.4 is 5.73 Å². The Morgan fingerprint density at radius 1 is 1.05 bits per heavy atom. The quantitative estimate of drug-likeness (QED) is 0.631. The van der Waals surface area contributed by atoms with Gasteiger partial charge >= 0.3 is 0 Å². The molecule has 1 heterocycles. The van der Waals surface area contributed by atoms with Gasteiger partial charge in [-0.05, 0) is 19.3 Å². The van der Waals surface area contributed by atoms with E-state index >= 15 is 0 Å². The third kappa shape index (κ3) is 5.82. The average molecular weight is 291 g/mol. The molecule has 1 aliphatic rings. The molecule has 0 saturated carbocycles. The van der Waals surface area contributed by atoms with Gasteiger partial charge in [-0.3, -0.25) is 0 Å². The Morgan fingerprint density at radius 2 is 1.71 bits per heavy atom. The zero-order valence-electron chi connectivity index (χ0n) is 13.8. The average Bonchev–Trinajstić information content (AvgIpc) is 2.87. The van der Waals surface area contributed by atoms with Crippen molar-refractivity contribution in [1.29, 1.82) is 0 Å². The van der Waals surface area contributed by atoms with Crippen molar-refractivity contribution in [1.82, 2.24) is 9.97 Å². The maximum absolute atomic E-state index is 6.01. The number of hydrogen-bond donors (Lipinski definition) is 2. The van der Waals surface area contributed by atoms with E-state index in [9.17, 15) is 0 Å². The maximum atomic E-state index is 6.01. The highest BCUT2D eigenvalue weighted by Crippen LogP contribution is 2.19. The van der Waals surface area contributed by atoms with Crippen molar-refractivity contribution in [2.75, 3.05) is 0 Å². The monoisotopic (exact) mass is 291 g/mol. The van der Waals surface area contributed by atoms with Gasteiger partial charge in [0.15, 0.2) is 0 Å². The third-order valence-electron chi connectivity index (χ3n) is 4.65. The highest BCUT2D eigenvalue weighted by molar-refractivity contribution is 5.19. The number of nitrogens with two attached hydrogens (primary N) is 1. The van der Waals surface area contributed by atoms with Crippen molar-refractivity contribution < 1.29 is 0 Å².